The summed E-state index contributed by atoms with van der Waals surface area (Å²) in [4.78, 5) is 2.72. The molecule has 1 aliphatic rings. The van der Waals surface area contributed by atoms with Crippen LogP contribution in [0.15, 0.2) is 0 Å². The molecule has 0 saturated carbocycles. The lowest BCUT2D eigenvalue weighted by Crippen LogP contribution is -2.48. The highest BCUT2D eigenvalue weighted by Gasteiger charge is 2.29. The van der Waals surface area contributed by atoms with Gasteiger partial charge < -0.3 is 10.2 Å². The molecule has 2 nitrogen and oxygen atoms in total. The van der Waals surface area contributed by atoms with Crippen molar-refractivity contribution < 1.29 is 0 Å². The lowest BCUT2D eigenvalue weighted by molar-refractivity contribution is 0.0888. The van der Waals surface area contributed by atoms with Crippen LogP contribution >= 0.6 is 0 Å². The third-order valence-electron chi connectivity index (χ3n) is 4.32. The second kappa shape index (κ2) is 7.49. The first-order valence-electron chi connectivity index (χ1n) is 7.94. The predicted molar refractivity (Wildman–Crippen MR) is 81.0 cm³/mol. The second-order valence-electron chi connectivity index (χ2n) is 6.91. The van der Waals surface area contributed by atoms with Gasteiger partial charge in [-0.25, -0.2) is 0 Å². The molecule has 18 heavy (non-hydrogen) atoms. The number of nitrogens with zero attached hydrogens (tertiary/aromatic N) is 1. The minimum atomic E-state index is 0.435. The number of nitrogens with one attached hydrogen (secondary N) is 1. The fraction of sp³-hybridized carbons (Fsp3) is 1.00. The van der Waals surface area contributed by atoms with Gasteiger partial charge in [-0.15, -0.1) is 0 Å². The van der Waals surface area contributed by atoms with Crippen molar-refractivity contribution in [3.8, 4) is 0 Å². The van der Waals surface area contributed by atoms with E-state index >= 15 is 0 Å². The summed E-state index contributed by atoms with van der Waals surface area (Å²) in [7, 11) is 0. The Morgan fingerprint density at radius 1 is 1.33 bits per heavy atom. The van der Waals surface area contributed by atoms with Crippen LogP contribution in [-0.2, 0) is 0 Å². The van der Waals surface area contributed by atoms with Crippen LogP contribution in [0.3, 0.4) is 0 Å². The van der Waals surface area contributed by atoms with E-state index in [0.29, 0.717) is 11.5 Å². The van der Waals surface area contributed by atoms with E-state index in [1.807, 2.05) is 0 Å². The zero-order valence-corrected chi connectivity index (χ0v) is 13.3. The molecule has 1 saturated heterocycles. The molecule has 1 aliphatic heterocycles. The van der Waals surface area contributed by atoms with Crippen molar-refractivity contribution in [1.82, 2.24) is 10.2 Å². The van der Waals surface area contributed by atoms with Crippen LogP contribution < -0.4 is 5.32 Å². The highest BCUT2D eigenvalue weighted by molar-refractivity contribution is 4.84. The molecule has 0 aromatic heterocycles. The Kier molecular flexibility index (Phi) is 6.65. The summed E-state index contributed by atoms with van der Waals surface area (Å²) in [5, 5.41) is 3.65. The third-order valence-corrected chi connectivity index (χ3v) is 4.32. The fourth-order valence-corrected chi connectivity index (χ4v) is 3.16. The molecule has 1 fully saturated rings. The molecule has 1 heterocycles. The molecule has 0 aliphatic carbocycles. The average Bonchev–Trinajstić information content (AvgIpc) is 2.30. The number of hydrogen-bond acceptors (Lipinski definition) is 2. The Balaban J connectivity index is 2.53. The van der Waals surface area contributed by atoms with E-state index in [1.165, 1.54) is 45.2 Å². The van der Waals surface area contributed by atoms with Crippen LogP contribution in [0.25, 0.3) is 0 Å². The Bertz CT molecular complexity index is 227. The molecular weight excluding hydrogens is 220 g/mol. The molecule has 2 unspecified atom stereocenters. The van der Waals surface area contributed by atoms with Crippen LogP contribution in [-0.4, -0.2) is 36.6 Å². The van der Waals surface area contributed by atoms with Crippen molar-refractivity contribution in [2.75, 3.05) is 19.6 Å². The number of likely N-dealkylation sites (tertiary alicyclic amines) is 1. The van der Waals surface area contributed by atoms with Crippen LogP contribution in [0.1, 0.15) is 66.7 Å². The molecule has 108 valence electrons. The molecule has 1 N–H and O–H groups in total. The summed E-state index contributed by atoms with van der Waals surface area (Å²) < 4.78 is 0. The van der Waals surface area contributed by atoms with Crippen molar-refractivity contribution in [3.63, 3.8) is 0 Å². The maximum atomic E-state index is 3.65. The summed E-state index contributed by atoms with van der Waals surface area (Å²) in [6.07, 6.45) is 6.82. The number of rotatable bonds is 7. The molecule has 0 aromatic rings. The summed E-state index contributed by atoms with van der Waals surface area (Å²) >= 11 is 0. The van der Waals surface area contributed by atoms with Crippen LogP contribution in [0.2, 0.25) is 0 Å². The minimum Gasteiger partial charge on any atom is -0.314 e. The van der Waals surface area contributed by atoms with Gasteiger partial charge in [0.15, 0.2) is 0 Å². The van der Waals surface area contributed by atoms with Crippen molar-refractivity contribution in [3.05, 3.63) is 0 Å². The van der Waals surface area contributed by atoms with Gasteiger partial charge in [0.05, 0.1) is 0 Å². The quantitative estimate of drug-likeness (QED) is 0.746. The molecule has 0 radical (unpaired) electrons. The monoisotopic (exact) mass is 254 g/mol. The first kappa shape index (κ1) is 16.0. The first-order valence-corrected chi connectivity index (χ1v) is 7.94. The third kappa shape index (κ3) is 5.27. The van der Waals surface area contributed by atoms with E-state index in [1.54, 1.807) is 0 Å². The fourth-order valence-electron chi connectivity index (χ4n) is 3.16. The van der Waals surface area contributed by atoms with E-state index in [9.17, 15) is 0 Å². The molecule has 0 bridgehead atoms. The Hall–Kier alpha value is -0.0800. The van der Waals surface area contributed by atoms with E-state index < -0.39 is 0 Å². The van der Waals surface area contributed by atoms with Gasteiger partial charge in [0.25, 0.3) is 0 Å². The number of hydrogen-bond donors (Lipinski definition) is 1. The van der Waals surface area contributed by atoms with Crippen molar-refractivity contribution in [2.45, 2.75) is 78.8 Å². The Morgan fingerprint density at radius 2 is 2.06 bits per heavy atom. The Labute approximate surface area is 115 Å². The van der Waals surface area contributed by atoms with Crippen LogP contribution in [0.5, 0.6) is 0 Å². The zero-order valence-electron chi connectivity index (χ0n) is 13.3. The molecule has 1 rings (SSSR count). The van der Waals surface area contributed by atoms with Gasteiger partial charge in [-0.2, -0.15) is 0 Å². The van der Waals surface area contributed by atoms with Gasteiger partial charge >= 0.3 is 0 Å². The smallest absolute Gasteiger partial charge is 0.00671 e. The summed E-state index contributed by atoms with van der Waals surface area (Å²) in [5.74, 6) is 0. The van der Waals surface area contributed by atoms with Gasteiger partial charge in [0, 0.05) is 25.2 Å². The highest BCUT2D eigenvalue weighted by Crippen LogP contribution is 2.27. The number of piperidine rings is 1. The van der Waals surface area contributed by atoms with Crippen molar-refractivity contribution in [1.29, 1.82) is 0 Å². The van der Waals surface area contributed by atoms with Crippen molar-refractivity contribution >= 4 is 0 Å². The van der Waals surface area contributed by atoms with Crippen LogP contribution in [0, 0.1) is 5.41 Å². The molecular formula is C16H34N2. The topological polar surface area (TPSA) is 15.3 Å². The molecule has 0 spiro atoms. The molecule has 0 aromatic carbocycles. The average molecular weight is 254 g/mol. The SMILES string of the molecule is CCCC(C)(CNC(C)C)CN1CCCCC1C. The van der Waals surface area contributed by atoms with Gasteiger partial charge in [-0.1, -0.05) is 40.5 Å². The maximum absolute atomic E-state index is 3.65. The van der Waals surface area contributed by atoms with Gasteiger partial charge in [0.2, 0.25) is 0 Å². The lowest BCUT2D eigenvalue weighted by atomic mass is 9.83. The normalized spacial score (nSPS) is 25.3. The predicted octanol–water partition coefficient (Wildman–Crippen LogP) is 3.67. The van der Waals surface area contributed by atoms with E-state index in [0.717, 1.165) is 12.6 Å². The highest BCUT2D eigenvalue weighted by atomic mass is 15.2. The van der Waals surface area contributed by atoms with Gasteiger partial charge in [0.1, 0.15) is 0 Å². The van der Waals surface area contributed by atoms with Crippen LogP contribution in [0.4, 0.5) is 0 Å². The van der Waals surface area contributed by atoms with Gasteiger partial charge in [-0.3, -0.25) is 0 Å². The summed E-state index contributed by atoms with van der Waals surface area (Å²) in [6.45, 7) is 15.4. The Morgan fingerprint density at radius 3 is 2.61 bits per heavy atom. The van der Waals surface area contributed by atoms with E-state index in [4.69, 9.17) is 0 Å². The van der Waals surface area contributed by atoms with Crippen molar-refractivity contribution in [2.24, 2.45) is 5.41 Å². The molecule has 0 amide bonds. The van der Waals surface area contributed by atoms with Gasteiger partial charge in [-0.05, 0) is 38.1 Å². The second-order valence-corrected chi connectivity index (χ2v) is 6.91. The summed E-state index contributed by atoms with van der Waals surface area (Å²) in [6, 6.07) is 1.38. The maximum Gasteiger partial charge on any atom is 0.00671 e. The zero-order chi connectivity index (χ0) is 13.6. The van der Waals surface area contributed by atoms with E-state index in [2.05, 4.69) is 44.8 Å². The van der Waals surface area contributed by atoms with E-state index in [-0.39, 0.29) is 0 Å². The standard InChI is InChI=1S/C16H34N2/c1-6-10-16(5,12-17-14(2)3)13-18-11-8-7-9-15(18)4/h14-15,17H,6-13H2,1-5H3. The first-order chi connectivity index (χ1) is 8.47. The molecule has 2 atom stereocenters. The lowest BCUT2D eigenvalue weighted by Gasteiger charge is -2.41. The minimum absolute atomic E-state index is 0.435. The largest absolute Gasteiger partial charge is 0.314 e. The summed E-state index contributed by atoms with van der Waals surface area (Å²) in [5.41, 5.74) is 0.435. The molecule has 2 heteroatoms.